The average Bonchev–Trinajstić information content (AvgIpc) is 3.22. The maximum Gasteiger partial charge on any atom is 0.213 e. The van der Waals surface area contributed by atoms with Gasteiger partial charge in [0.05, 0.1) is 11.6 Å². The standard InChI is InChI=1S/C23H19ClN2O3/c24-20-6-2-1-5-19(20)23(28)16-8-9-21(17(13-16)15-27)26-12-10-18(14-26)29-22-7-3-4-11-25-22/h1-9,11,13,15,18H,10,12,14H2. The smallest absolute Gasteiger partial charge is 0.213 e. The fourth-order valence-corrected chi connectivity index (χ4v) is 3.73. The minimum atomic E-state index is -0.206. The van der Waals surface area contributed by atoms with E-state index in [-0.39, 0.29) is 11.9 Å². The first-order valence-corrected chi connectivity index (χ1v) is 9.74. The van der Waals surface area contributed by atoms with Crippen LogP contribution < -0.4 is 9.64 Å². The molecule has 1 atom stereocenters. The van der Waals surface area contributed by atoms with Crippen molar-refractivity contribution in [3.63, 3.8) is 0 Å². The molecule has 2 heterocycles. The number of benzene rings is 2. The first-order valence-electron chi connectivity index (χ1n) is 9.37. The van der Waals surface area contributed by atoms with Crippen molar-refractivity contribution in [2.24, 2.45) is 0 Å². The lowest BCUT2D eigenvalue weighted by Gasteiger charge is -2.21. The highest BCUT2D eigenvalue weighted by molar-refractivity contribution is 6.35. The molecule has 0 saturated carbocycles. The highest BCUT2D eigenvalue weighted by Crippen LogP contribution is 2.28. The number of aromatic nitrogens is 1. The Hall–Kier alpha value is -3.18. The van der Waals surface area contributed by atoms with Crippen LogP contribution in [-0.4, -0.2) is 36.2 Å². The Morgan fingerprint density at radius 2 is 1.97 bits per heavy atom. The molecular weight excluding hydrogens is 388 g/mol. The van der Waals surface area contributed by atoms with Crippen molar-refractivity contribution in [2.45, 2.75) is 12.5 Å². The van der Waals surface area contributed by atoms with E-state index in [1.807, 2.05) is 24.3 Å². The number of halogens is 1. The number of aldehydes is 1. The summed E-state index contributed by atoms with van der Waals surface area (Å²) in [6.07, 6.45) is 3.30. The van der Waals surface area contributed by atoms with Crippen LogP contribution in [0.5, 0.6) is 5.88 Å². The van der Waals surface area contributed by atoms with Crippen molar-refractivity contribution >= 4 is 29.4 Å². The van der Waals surface area contributed by atoms with Crippen molar-refractivity contribution < 1.29 is 14.3 Å². The maximum absolute atomic E-state index is 12.8. The fourth-order valence-electron chi connectivity index (χ4n) is 3.51. The molecular formula is C23H19ClN2O3. The van der Waals surface area contributed by atoms with Gasteiger partial charge in [-0.3, -0.25) is 9.59 Å². The van der Waals surface area contributed by atoms with E-state index in [1.54, 1.807) is 42.6 Å². The Kier molecular flexibility index (Phi) is 5.58. The van der Waals surface area contributed by atoms with E-state index in [0.717, 1.165) is 24.9 Å². The normalized spacial score (nSPS) is 15.9. The minimum Gasteiger partial charge on any atom is -0.472 e. The number of nitrogens with zero attached hydrogens (tertiary/aromatic N) is 2. The molecule has 0 bridgehead atoms. The third kappa shape index (κ3) is 4.15. The molecule has 3 aromatic rings. The van der Waals surface area contributed by atoms with Gasteiger partial charge in [0.15, 0.2) is 12.1 Å². The Labute approximate surface area is 173 Å². The zero-order valence-corrected chi connectivity index (χ0v) is 16.4. The van der Waals surface area contributed by atoms with E-state index >= 15 is 0 Å². The Morgan fingerprint density at radius 3 is 2.72 bits per heavy atom. The minimum absolute atomic E-state index is 0.00571. The molecule has 5 nitrogen and oxygen atoms in total. The number of pyridine rings is 1. The van der Waals surface area contributed by atoms with Gasteiger partial charge >= 0.3 is 0 Å². The SMILES string of the molecule is O=Cc1cc(C(=O)c2ccccc2Cl)ccc1N1CCC(Oc2ccccn2)C1. The molecule has 146 valence electrons. The Bertz CT molecular complexity index is 1040. The average molecular weight is 407 g/mol. The molecule has 2 aromatic carbocycles. The molecule has 29 heavy (non-hydrogen) atoms. The van der Waals surface area contributed by atoms with Gasteiger partial charge in [0, 0.05) is 47.6 Å². The van der Waals surface area contributed by atoms with Gasteiger partial charge in [-0.05, 0) is 36.4 Å². The van der Waals surface area contributed by atoms with E-state index in [9.17, 15) is 9.59 Å². The zero-order valence-electron chi connectivity index (χ0n) is 15.6. The summed E-state index contributed by atoms with van der Waals surface area (Å²) in [4.78, 5) is 30.8. The van der Waals surface area contributed by atoms with Crippen LogP contribution in [0.1, 0.15) is 32.7 Å². The van der Waals surface area contributed by atoms with Gasteiger partial charge in [0.2, 0.25) is 5.88 Å². The summed E-state index contributed by atoms with van der Waals surface area (Å²) in [7, 11) is 0. The highest BCUT2D eigenvalue weighted by atomic mass is 35.5. The number of carbonyl (C=O) groups is 2. The number of hydrogen-bond acceptors (Lipinski definition) is 5. The van der Waals surface area contributed by atoms with Crippen molar-refractivity contribution in [1.82, 2.24) is 4.98 Å². The molecule has 0 N–H and O–H groups in total. The van der Waals surface area contributed by atoms with Crippen molar-refractivity contribution in [1.29, 1.82) is 0 Å². The summed E-state index contributed by atoms with van der Waals surface area (Å²) in [5.41, 5.74) is 2.12. The predicted octanol–water partition coefficient (Wildman–Crippen LogP) is 4.44. The largest absolute Gasteiger partial charge is 0.472 e. The fraction of sp³-hybridized carbons (Fsp3) is 0.174. The quantitative estimate of drug-likeness (QED) is 0.447. The molecule has 1 aliphatic rings. The molecule has 1 unspecified atom stereocenters. The summed E-state index contributed by atoms with van der Waals surface area (Å²) >= 11 is 6.14. The van der Waals surface area contributed by atoms with Crippen molar-refractivity contribution in [3.05, 3.63) is 88.6 Å². The molecule has 0 spiro atoms. The predicted molar refractivity (Wildman–Crippen MR) is 112 cm³/mol. The van der Waals surface area contributed by atoms with Crippen LogP contribution in [0.3, 0.4) is 0 Å². The van der Waals surface area contributed by atoms with Crippen molar-refractivity contribution in [3.8, 4) is 5.88 Å². The Morgan fingerprint density at radius 1 is 1.14 bits per heavy atom. The lowest BCUT2D eigenvalue weighted by atomic mass is 10.0. The number of ether oxygens (including phenoxy) is 1. The number of ketones is 1. The van der Waals surface area contributed by atoms with Crippen LogP contribution in [-0.2, 0) is 0 Å². The molecule has 6 heteroatoms. The van der Waals surface area contributed by atoms with Gasteiger partial charge in [0.1, 0.15) is 6.10 Å². The molecule has 4 rings (SSSR count). The lowest BCUT2D eigenvalue weighted by molar-refractivity contribution is 0.103. The van der Waals surface area contributed by atoms with Crippen LogP contribution in [0.25, 0.3) is 0 Å². The number of carbonyl (C=O) groups excluding carboxylic acids is 2. The summed E-state index contributed by atoms with van der Waals surface area (Å²) in [5.74, 6) is 0.388. The van der Waals surface area contributed by atoms with Crippen LogP contribution >= 0.6 is 11.6 Å². The third-order valence-electron chi connectivity index (χ3n) is 4.95. The Balaban J connectivity index is 1.52. The van der Waals surface area contributed by atoms with Crippen LogP contribution in [0.2, 0.25) is 5.02 Å². The van der Waals surface area contributed by atoms with Gasteiger partial charge in [-0.15, -0.1) is 0 Å². The van der Waals surface area contributed by atoms with Gasteiger partial charge < -0.3 is 9.64 Å². The zero-order chi connectivity index (χ0) is 20.2. The van der Waals surface area contributed by atoms with Crippen LogP contribution in [0.4, 0.5) is 5.69 Å². The third-order valence-corrected chi connectivity index (χ3v) is 5.28. The number of anilines is 1. The van der Waals surface area contributed by atoms with Crippen LogP contribution in [0, 0.1) is 0 Å². The first-order chi connectivity index (χ1) is 14.2. The summed E-state index contributed by atoms with van der Waals surface area (Å²) in [5, 5.41) is 0.392. The second-order valence-corrected chi connectivity index (χ2v) is 7.25. The summed E-state index contributed by atoms with van der Waals surface area (Å²) in [6, 6.07) is 17.6. The second-order valence-electron chi connectivity index (χ2n) is 6.84. The van der Waals surface area contributed by atoms with E-state index in [2.05, 4.69) is 9.88 Å². The second kappa shape index (κ2) is 8.45. The summed E-state index contributed by atoms with van der Waals surface area (Å²) in [6.45, 7) is 1.41. The first kappa shape index (κ1) is 19.2. The van der Waals surface area contributed by atoms with Crippen molar-refractivity contribution in [2.75, 3.05) is 18.0 Å². The lowest BCUT2D eigenvalue weighted by Crippen LogP contribution is -2.25. The number of hydrogen-bond donors (Lipinski definition) is 0. The van der Waals surface area contributed by atoms with Gasteiger partial charge in [-0.25, -0.2) is 4.98 Å². The molecule has 1 aromatic heterocycles. The molecule has 0 amide bonds. The molecule has 1 aliphatic heterocycles. The van der Waals surface area contributed by atoms with E-state index < -0.39 is 0 Å². The van der Waals surface area contributed by atoms with E-state index in [4.69, 9.17) is 16.3 Å². The number of rotatable bonds is 6. The van der Waals surface area contributed by atoms with Crippen LogP contribution in [0.15, 0.2) is 66.9 Å². The molecule has 0 radical (unpaired) electrons. The van der Waals surface area contributed by atoms with Gasteiger partial charge in [0.25, 0.3) is 0 Å². The maximum atomic E-state index is 12.8. The summed E-state index contributed by atoms with van der Waals surface area (Å²) < 4.78 is 5.92. The van der Waals surface area contributed by atoms with Gasteiger partial charge in [-0.1, -0.05) is 29.8 Å². The monoisotopic (exact) mass is 406 g/mol. The molecule has 1 saturated heterocycles. The van der Waals surface area contributed by atoms with E-state index in [0.29, 0.717) is 34.1 Å². The van der Waals surface area contributed by atoms with E-state index in [1.165, 1.54) is 0 Å². The topological polar surface area (TPSA) is 59.5 Å². The highest BCUT2D eigenvalue weighted by Gasteiger charge is 2.26. The molecule has 0 aliphatic carbocycles. The molecule has 1 fully saturated rings. The van der Waals surface area contributed by atoms with Gasteiger partial charge in [-0.2, -0.15) is 0 Å².